The van der Waals surface area contributed by atoms with Gasteiger partial charge in [0.25, 0.3) is 0 Å². The van der Waals surface area contributed by atoms with Gasteiger partial charge in [0, 0.05) is 19.5 Å². The fourth-order valence-corrected chi connectivity index (χ4v) is 0. The summed E-state index contributed by atoms with van der Waals surface area (Å²) < 4.78 is 0. The van der Waals surface area contributed by atoms with Crippen LogP contribution in [0, 0.1) is 7.43 Å². The van der Waals surface area contributed by atoms with Crippen LogP contribution in [0.25, 0.3) is 0 Å². The third kappa shape index (κ3) is 16.0. The van der Waals surface area contributed by atoms with Crippen molar-refractivity contribution >= 4 is 0 Å². The molecule has 8 heavy (non-hydrogen) atoms. The third-order valence-electron chi connectivity index (χ3n) is 0.274. The maximum atomic E-state index is 7.90. The maximum Gasteiger partial charge on any atom is 0.0949 e. The van der Waals surface area contributed by atoms with Gasteiger partial charge in [-0.1, -0.05) is 0 Å². The second kappa shape index (κ2) is 5.68. The molecule has 3 heteroatoms. The van der Waals surface area contributed by atoms with E-state index < -0.39 is 5.60 Å². The molecule has 0 heterocycles. The van der Waals surface area contributed by atoms with E-state index in [4.69, 9.17) is 5.26 Å². The zero-order valence-electron chi connectivity index (χ0n) is 6.06. The summed E-state index contributed by atoms with van der Waals surface area (Å²) >= 11 is 0. The predicted octanol–water partition coefficient (Wildman–Crippen LogP) is 1.72. The maximum absolute atomic E-state index is 7.90. The van der Waals surface area contributed by atoms with Crippen molar-refractivity contribution in [3.8, 4) is 0 Å². The van der Waals surface area contributed by atoms with Crippen molar-refractivity contribution < 1.29 is 29.6 Å². The summed E-state index contributed by atoms with van der Waals surface area (Å²) in [4.78, 5) is 3.94. The van der Waals surface area contributed by atoms with Gasteiger partial charge in [-0.25, -0.2) is 4.89 Å². The molecule has 0 unspecified atom stereocenters. The molecule has 1 N–H and O–H groups in total. The topological polar surface area (TPSA) is 29.5 Å². The van der Waals surface area contributed by atoms with E-state index in [1.807, 2.05) is 0 Å². The van der Waals surface area contributed by atoms with Crippen molar-refractivity contribution in [2.45, 2.75) is 26.4 Å². The van der Waals surface area contributed by atoms with Gasteiger partial charge in [-0.05, 0) is 20.8 Å². The van der Waals surface area contributed by atoms with Crippen molar-refractivity contribution in [2.24, 2.45) is 0 Å². The molecule has 0 aromatic carbocycles. The third-order valence-corrected chi connectivity index (χ3v) is 0.274. The average Bonchev–Trinajstić information content (AvgIpc) is 1.35. The molecule has 0 bridgehead atoms. The predicted molar refractivity (Wildman–Crippen MR) is 29.9 cm³/mol. The fraction of sp³-hybridized carbons (Fsp3) is 0.800. The summed E-state index contributed by atoms with van der Waals surface area (Å²) in [6.07, 6.45) is 0. The van der Waals surface area contributed by atoms with Crippen LogP contribution in [-0.2, 0) is 24.4 Å². The molecule has 0 aliphatic rings. The quantitative estimate of drug-likeness (QED) is 0.260. The van der Waals surface area contributed by atoms with Crippen LogP contribution in [0.2, 0.25) is 0 Å². The number of rotatable bonds is 0. The Bertz CT molecular complexity index is 40.2. The van der Waals surface area contributed by atoms with Crippen molar-refractivity contribution in [1.29, 1.82) is 0 Å². The Labute approximate surface area is 63.9 Å². The monoisotopic (exact) mass is 169 g/mol. The molecule has 0 amide bonds. The molecule has 2 nitrogen and oxygen atoms in total. The average molecular weight is 171 g/mol. The molecule has 0 aliphatic carbocycles. The second-order valence-corrected chi connectivity index (χ2v) is 2.20. The van der Waals surface area contributed by atoms with Crippen LogP contribution in [0.4, 0.5) is 0 Å². The molecule has 0 aliphatic heterocycles. The standard InChI is InChI=1S/C4H10O2.CH3.Zn/c1-4(2,3)6-5;;/h5H,1-3H3;1H3;/q;-1;. The van der Waals surface area contributed by atoms with Crippen LogP contribution in [0.3, 0.4) is 0 Å². The zero-order valence-corrected chi connectivity index (χ0v) is 9.03. The number of hydrogen-bond donors (Lipinski definition) is 1. The number of hydrogen-bond acceptors (Lipinski definition) is 2. The van der Waals surface area contributed by atoms with Crippen LogP contribution in [0.15, 0.2) is 0 Å². The molecular weight excluding hydrogens is 157 g/mol. The van der Waals surface area contributed by atoms with Crippen LogP contribution in [-0.4, -0.2) is 10.9 Å². The smallest absolute Gasteiger partial charge is 0.0949 e. The summed E-state index contributed by atoms with van der Waals surface area (Å²) in [5.41, 5.74) is -0.403. The molecule has 48 valence electrons. The van der Waals surface area contributed by atoms with E-state index in [1.54, 1.807) is 20.8 Å². The van der Waals surface area contributed by atoms with E-state index in [-0.39, 0.29) is 26.9 Å². The Morgan fingerprint density at radius 2 is 1.38 bits per heavy atom. The Morgan fingerprint density at radius 1 is 1.25 bits per heavy atom. The van der Waals surface area contributed by atoms with Gasteiger partial charge in [0.15, 0.2) is 0 Å². The van der Waals surface area contributed by atoms with Gasteiger partial charge in [0.2, 0.25) is 0 Å². The Balaban J connectivity index is -0.000000125. The molecular formula is C5H13O2Zn-. The first-order chi connectivity index (χ1) is 2.56. The van der Waals surface area contributed by atoms with Gasteiger partial charge in [0.05, 0.1) is 5.60 Å². The molecule has 0 saturated heterocycles. The van der Waals surface area contributed by atoms with Crippen LogP contribution >= 0.6 is 0 Å². The summed E-state index contributed by atoms with van der Waals surface area (Å²) in [6, 6.07) is 0. The summed E-state index contributed by atoms with van der Waals surface area (Å²) in [7, 11) is 0. The Morgan fingerprint density at radius 3 is 1.38 bits per heavy atom. The van der Waals surface area contributed by atoms with Gasteiger partial charge in [0.1, 0.15) is 0 Å². The van der Waals surface area contributed by atoms with Crippen molar-refractivity contribution in [3.05, 3.63) is 7.43 Å². The second-order valence-electron chi connectivity index (χ2n) is 2.20. The molecule has 0 aromatic rings. The van der Waals surface area contributed by atoms with E-state index in [1.165, 1.54) is 0 Å². The van der Waals surface area contributed by atoms with E-state index in [0.29, 0.717) is 0 Å². The first kappa shape index (κ1) is 15.8. The molecule has 0 fully saturated rings. The summed E-state index contributed by atoms with van der Waals surface area (Å²) in [5.74, 6) is 0. The van der Waals surface area contributed by atoms with Crippen molar-refractivity contribution in [3.63, 3.8) is 0 Å². The molecule has 0 radical (unpaired) electrons. The molecule has 0 aromatic heterocycles. The molecule has 0 saturated carbocycles. The minimum Gasteiger partial charge on any atom is -0.358 e. The van der Waals surface area contributed by atoms with Crippen LogP contribution in [0.1, 0.15) is 20.8 Å². The summed E-state index contributed by atoms with van der Waals surface area (Å²) in [5, 5.41) is 7.90. The van der Waals surface area contributed by atoms with Crippen LogP contribution in [0.5, 0.6) is 0 Å². The van der Waals surface area contributed by atoms with Crippen molar-refractivity contribution in [2.75, 3.05) is 0 Å². The van der Waals surface area contributed by atoms with Gasteiger partial charge in [-0.2, -0.15) is 0 Å². The first-order valence-corrected chi connectivity index (χ1v) is 1.89. The zero-order chi connectivity index (χ0) is 5.21. The molecule has 0 rings (SSSR count). The Hall–Kier alpha value is 0.543. The van der Waals surface area contributed by atoms with Crippen molar-refractivity contribution in [1.82, 2.24) is 0 Å². The first-order valence-electron chi connectivity index (χ1n) is 1.89. The van der Waals surface area contributed by atoms with E-state index >= 15 is 0 Å². The van der Waals surface area contributed by atoms with E-state index in [9.17, 15) is 0 Å². The SMILES string of the molecule is CC(C)(C)OO.[CH3-].[Zn]. The Kier molecular flexibility index (Phi) is 11.2. The normalized spacial score (nSPS) is 9.00. The summed E-state index contributed by atoms with van der Waals surface area (Å²) in [6.45, 7) is 5.31. The fourth-order valence-electron chi connectivity index (χ4n) is 0. The largest absolute Gasteiger partial charge is 0.358 e. The van der Waals surface area contributed by atoms with Crippen LogP contribution < -0.4 is 0 Å². The van der Waals surface area contributed by atoms with E-state index in [0.717, 1.165) is 0 Å². The van der Waals surface area contributed by atoms with Gasteiger partial charge < -0.3 is 7.43 Å². The minimum atomic E-state index is -0.403. The van der Waals surface area contributed by atoms with E-state index in [2.05, 4.69) is 4.89 Å². The minimum absolute atomic E-state index is 0. The van der Waals surface area contributed by atoms with Gasteiger partial charge in [-0.3, -0.25) is 5.26 Å². The van der Waals surface area contributed by atoms with Gasteiger partial charge in [-0.15, -0.1) is 0 Å². The molecule has 0 spiro atoms. The van der Waals surface area contributed by atoms with Gasteiger partial charge >= 0.3 is 0 Å². The molecule has 0 atom stereocenters.